The van der Waals surface area contributed by atoms with Crippen LogP contribution in [-0.2, 0) is 11.3 Å². The zero-order valence-electron chi connectivity index (χ0n) is 8.98. The van der Waals surface area contributed by atoms with Gasteiger partial charge in [-0.1, -0.05) is 11.6 Å². The van der Waals surface area contributed by atoms with Gasteiger partial charge in [0.2, 0.25) is 0 Å². The molecule has 0 spiro atoms. The molecule has 0 aliphatic rings. The van der Waals surface area contributed by atoms with Gasteiger partial charge in [-0.3, -0.25) is 0 Å². The number of aromatic nitrogens is 1. The highest BCUT2D eigenvalue weighted by Crippen LogP contribution is 2.08. The van der Waals surface area contributed by atoms with E-state index in [-0.39, 0.29) is 0 Å². The Kier molecular flexibility index (Phi) is 6.43. The summed E-state index contributed by atoms with van der Waals surface area (Å²) in [5.41, 5.74) is 1.11. The van der Waals surface area contributed by atoms with Crippen molar-refractivity contribution >= 4 is 11.6 Å². The quantitative estimate of drug-likeness (QED) is 0.585. The molecule has 0 saturated heterocycles. The lowest BCUT2D eigenvalue weighted by molar-refractivity contribution is 0.199. The molecular formula is C10H18ClN3O. The maximum Gasteiger partial charge on any atom is 0.0587 e. The Morgan fingerprint density at radius 3 is 2.80 bits per heavy atom. The normalized spacial score (nSPS) is 10.8. The Labute approximate surface area is 95.3 Å². The molecule has 1 aromatic heterocycles. The molecule has 0 aliphatic heterocycles. The summed E-state index contributed by atoms with van der Waals surface area (Å²) < 4.78 is 4.92. The monoisotopic (exact) mass is 231 g/mol. The first-order valence-electron chi connectivity index (χ1n) is 5.06. The van der Waals surface area contributed by atoms with Crippen molar-refractivity contribution < 1.29 is 4.74 Å². The first-order chi connectivity index (χ1) is 7.33. The van der Waals surface area contributed by atoms with E-state index in [0.29, 0.717) is 0 Å². The van der Waals surface area contributed by atoms with Gasteiger partial charge in [0.05, 0.1) is 11.6 Å². The van der Waals surface area contributed by atoms with Crippen LogP contribution in [-0.4, -0.2) is 38.3 Å². The Balaban J connectivity index is 1.93. The summed E-state index contributed by atoms with van der Waals surface area (Å²) >= 11 is 5.77. The van der Waals surface area contributed by atoms with E-state index in [1.807, 2.05) is 6.07 Å². The van der Waals surface area contributed by atoms with Crippen molar-refractivity contribution in [1.82, 2.24) is 15.6 Å². The van der Waals surface area contributed by atoms with Gasteiger partial charge in [0.25, 0.3) is 0 Å². The third-order valence-corrected chi connectivity index (χ3v) is 2.20. The summed E-state index contributed by atoms with van der Waals surface area (Å²) in [5.74, 6) is 0. The maximum absolute atomic E-state index is 5.77. The van der Waals surface area contributed by atoms with Gasteiger partial charge in [0.15, 0.2) is 0 Å². The van der Waals surface area contributed by atoms with Crippen LogP contribution >= 0.6 is 11.6 Å². The molecule has 5 heteroatoms. The molecule has 86 valence electrons. The minimum Gasteiger partial charge on any atom is -0.383 e. The minimum absolute atomic E-state index is 0.755. The predicted molar refractivity (Wildman–Crippen MR) is 62.3 cm³/mol. The van der Waals surface area contributed by atoms with Gasteiger partial charge in [-0.25, -0.2) is 0 Å². The standard InChI is InChI=1S/C10H18ClN3O/c1-15-5-4-12-2-3-13-8-10-6-9(11)7-14-10/h6-7,12-14H,2-5,8H2,1H3. The van der Waals surface area contributed by atoms with Crippen LogP contribution in [0.15, 0.2) is 12.3 Å². The van der Waals surface area contributed by atoms with Crippen molar-refractivity contribution in [2.75, 3.05) is 33.4 Å². The molecule has 0 fully saturated rings. The van der Waals surface area contributed by atoms with Crippen LogP contribution in [0.3, 0.4) is 0 Å². The molecule has 15 heavy (non-hydrogen) atoms. The largest absolute Gasteiger partial charge is 0.383 e. The fraction of sp³-hybridized carbons (Fsp3) is 0.600. The molecule has 0 saturated carbocycles. The maximum atomic E-state index is 5.77. The highest BCUT2D eigenvalue weighted by atomic mass is 35.5. The van der Waals surface area contributed by atoms with E-state index in [4.69, 9.17) is 16.3 Å². The van der Waals surface area contributed by atoms with E-state index < -0.39 is 0 Å². The van der Waals surface area contributed by atoms with Crippen molar-refractivity contribution in [3.8, 4) is 0 Å². The van der Waals surface area contributed by atoms with Crippen LogP contribution < -0.4 is 10.6 Å². The first-order valence-corrected chi connectivity index (χ1v) is 5.44. The van der Waals surface area contributed by atoms with Crippen molar-refractivity contribution in [2.24, 2.45) is 0 Å². The van der Waals surface area contributed by atoms with Gasteiger partial charge < -0.3 is 20.4 Å². The molecule has 1 rings (SSSR count). The average molecular weight is 232 g/mol. The number of methoxy groups -OCH3 is 1. The number of rotatable bonds is 8. The molecule has 0 radical (unpaired) electrons. The number of ether oxygens (including phenoxy) is 1. The fourth-order valence-electron chi connectivity index (χ4n) is 1.21. The molecule has 0 aromatic carbocycles. The molecule has 0 amide bonds. The third kappa shape index (κ3) is 5.79. The van der Waals surface area contributed by atoms with Crippen molar-refractivity contribution in [1.29, 1.82) is 0 Å². The number of H-pyrrole nitrogens is 1. The van der Waals surface area contributed by atoms with E-state index >= 15 is 0 Å². The number of halogens is 1. The molecule has 1 heterocycles. The van der Waals surface area contributed by atoms with Crippen LogP contribution in [0.5, 0.6) is 0 Å². The minimum atomic E-state index is 0.755. The third-order valence-electron chi connectivity index (χ3n) is 1.98. The van der Waals surface area contributed by atoms with Gasteiger partial charge in [0.1, 0.15) is 0 Å². The van der Waals surface area contributed by atoms with Gasteiger partial charge in [-0.2, -0.15) is 0 Å². The van der Waals surface area contributed by atoms with E-state index in [2.05, 4.69) is 15.6 Å². The van der Waals surface area contributed by atoms with Crippen LogP contribution in [0.1, 0.15) is 5.69 Å². The second-order valence-electron chi connectivity index (χ2n) is 3.26. The summed E-state index contributed by atoms with van der Waals surface area (Å²) in [7, 11) is 1.70. The molecular weight excluding hydrogens is 214 g/mol. The van der Waals surface area contributed by atoms with E-state index in [9.17, 15) is 0 Å². The Hall–Kier alpha value is -0.550. The SMILES string of the molecule is COCCNCCNCc1cc(Cl)c[nH]1. The topological polar surface area (TPSA) is 49.1 Å². The zero-order chi connectivity index (χ0) is 10.9. The summed E-state index contributed by atoms with van der Waals surface area (Å²) in [6, 6.07) is 1.92. The number of hydrogen-bond donors (Lipinski definition) is 3. The Morgan fingerprint density at radius 2 is 2.13 bits per heavy atom. The summed E-state index contributed by atoms with van der Waals surface area (Å²) in [4.78, 5) is 3.08. The summed E-state index contributed by atoms with van der Waals surface area (Å²) in [6.07, 6.45) is 1.79. The van der Waals surface area contributed by atoms with Crippen molar-refractivity contribution in [3.05, 3.63) is 23.0 Å². The smallest absolute Gasteiger partial charge is 0.0587 e. The summed E-state index contributed by atoms with van der Waals surface area (Å²) in [6.45, 7) is 4.34. The molecule has 3 N–H and O–H groups in total. The molecule has 1 aromatic rings. The number of hydrogen-bond acceptors (Lipinski definition) is 3. The fourth-order valence-corrected chi connectivity index (χ4v) is 1.40. The molecule has 0 bridgehead atoms. The van der Waals surface area contributed by atoms with Gasteiger partial charge in [0, 0.05) is 45.2 Å². The first kappa shape index (κ1) is 12.5. The second-order valence-corrected chi connectivity index (χ2v) is 3.70. The number of aromatic amines is 1. The molecule has 0 atom stereocenters. The zero-order valence-corrected chi connectivity index (χ0v) is 9.73. The lowest BCUT2D eigenvalue weighted by Gasteiger charge is -2.05. The molecule has 0 unspecified atom stereocenters. The average Bonchev–Trinajstić information content (AvgIpc) is 2.63. The lowest BCUT2D eigenvalue weighted by atomic mass is 10.4. The Bertz CT molecular complexity index is 265. The highest BCUT2D eigenvalue weighted by molar-refractivity contribution is 6.30. The van der Waals surface area contributed by atoms with Crippen LogP contribution in [0.25, 0.3) is 0 Å². The Morgan fingerprint density at radius 1 is 1.33 bits per heavy atom. The van der Waals surface area contributed by atoms with E-state index in [1.165, 1.54) is 0 Å². The summed E-state index contributed by atoms with van der Waals surface area (Å²) in [5, 5.41) is 7.31. The van der Waals surface area contributed by atoms with Crippen LogP contribution in [0.4, 0.5) is 0 Å². The van der Waals surface area contributed by atoms with E-state index in [1.54, 1.807) is 13.3 Å². The molecule has 0 aliphatic carbocycles. The van der Waals surface area contributed by atoms with Crippen molar-refractivity contribution in [3.63, 3.8) is 0 Å². The van der Waals surface area contributed by atoms with E-state index in [0.717, 1.165) is 43.5 Å². The molecule has 4 nitrogen and oxygen atoms in total. The predicted octanol–water partition coefficient (Wildman–Crippen LogP) is 0.994. The van der Waals surface area contributed by atoms with Gasteiger partial charge >= 0.3 is 0 Å². The van der Waals surface area contributed by atoms with Crippen LogP contribution in [0, 0.1) is 0 Å². The van der Waals surface area contributed by atoms with Gasteiger partial charge in [-0.05, 0) is 6.07 Å². The van der Waals surface area contributed by atoms with Gasteiger partial charge in [-0.15, -0.1) is 0 Å². The highest BCUT2D eigenvalue weighted by Gasteiger charge is 1.95. The van der Waals surface area contributed by atoms with Crippen molar-refractivity contribution in [2.45, 2.75) is 6.54 Å². The number of nitrogens with one attached hydrogen (secondary N) is 3. The van der Waals surface area contributed by atoms with Crippen LogP contribution in [0.2, 0.25) is 5.02 Å². The second kappa shape index (κ2) is 7.70. The lowest BCUT2D eigenvalue weighted by Crippen LogP contribution is -2.29.